The number of aromatic nitrogens is 2. The lowest BCUT2D eigenvalue weighted by atomic mass is 10.1. The second-order valence-electron chi connectivity index (χ2n) is 4.29. The van der Waals surface area contributed by atoms with Crippen LogP contribution in [0.2, 0.25) is 0 Å². The molecule has 0 saturated heterocycles. The minimum absolute atomic E-state index is 0.0819. The van der Waals surface area contributed by atoms with Crippen LogP contribution in [0.5, 0.6) is 0 Å². The zero-order chi connectivity index (χ0) is 13.1. The first-order chi connectivity index (χ1) is 8.65. The normalized spacial score (nSPS) is 10.8. The highest BCUT2D eigenvalue weighted by Crippen LogP contribution is 2.14. The number of aryl methyl sites for hydroxylation is 3. The molecule has 0 amide bonds. The zero-order valence-corrected chi connectivity index (χ0v) is 11.1. The second-order valence-corrected chi connectivity index (χ2v) is 4.29. The second kappa shape index (κ2) is 5.21. The van der Waals surface area contributed by atoms with Crippen LogP contribution in [0.25, 0.3) is 0 Å². The van der Waals surface area contributed by atoms with E-state index < -0.39 is 0 Å². The van der Waals surface area contributed by atoms with Crippen molar-refractivity contribution >= 4 is 5.78 Å². The fourth-order valence-electron chi connectivity index (χ4n) is 2.04. The predicted molar refractivity (Wildman–Crippen MR) is 68.8 cm³/mol. The molecular formula is C14H18N2O2. The van der Waals surface area contributed by atoms with Crippen molar-refractivity contribution in [2.75, 3.05) is 0 Å². The first kappa shape index (κ1) is 12.6. The molecule has 0 aliphatic rings. The monoisotopic (exact) mass is 246 g/mol. The summed E-state index contributed by atoms with van der Waals surface area (Å²) in [7, 11) is 0. The van der Waals surface area contributed by atoms with Gasteiger partial charge < -0.3 is 4.42 Å². The van der Waals surface area contributed by atoms with Gasteiger partial charge >= 0.3 is 0 Å². The van der Waals surface area contributed by atoms with E-state index in [1.165, 1.54) is 0 Å². The highest BCUT2D eigenvalue weighted by atomic mass is 16.3. The average molecular weight is 246 g/mol. The molecule has 0 saturated carbocycles. The summed E-state index contributed by atoms with van der Waals surface area (Å²) in [5.41, 5.74) is 2.67. The molecule has 4 nitrogen and oxygen atoms in total. The zero-order valence-electron chi connectivity index (χ0n) is 11.1. The summed E-state index contributed by atoms with van der Waals surface area (Å²) in [6.45, 7) is 6.69. The van der Waals surface area contributed by atoms with Gasteiger partial charge in [-0.05, 0) is 32.4 Å². The molecular weight excluding hydrogens is 228 g/mol. The lowest BCUT2D eigenvalue weighted by Crippen LogP contribution is -2.09. The molecule has 0 aliphatic heterocycles. The van der Waals surface area contributed by atoms with Crippen molar-refractivity contribution in [2.24, 2.45) is 0 Å². The molecule has 0 atom stereocenters. The molecule has 2 aromatic rings. The summed E-state index contributed by atoms with van der Waals surface area (Å²) in [4.78, 5) is 12.2. The topological polar surface area (TPSA) is 48.0 Å². The molecule has 0 radical (unpaired) electrons. The SMILES string of the molecule is CCc1cc(CC(=O)c2ccoc2C)n(CC)n1. The van der Waals surface area contributed by atoms with Gasteiger partial charge in [0.25, 0.3) is 0 Å². The molecule has 2 rings (SSSR count). The Morgan fingerprint density at radius 3 is 2.78 bits per heavy atom. The Morgan fingerprint density at radius 1 is 1.44 bits per heavy atom. The van der Waals surface area contributed by atoms with Gasteiger partial charge in [0.2, 0.25) is 0 Å². The molecule has 0 fully saturated rings. The van der Waals surface area contributed by atoms with E-state index in [-0.39, 0.29) is 5.78 Å². The first-order valence-electron chi connectivity index (χ1n) is 6.28. The van der Waals surface area contributed by atoms with Crippen molar-refractivity contribution in [3.05, 3.63) is 41.1 Å². The van der Waals surface area contributed by atoms with Crippen LogP contribution < -0.4 is 0 Å². The van der Waals surface area contributed by atoms with Crippen molar-refractivity contribution in [3.8, 4) is 0 Å². The van der Waals surface area contributed by atoms with E-state index in [0.29, 0.717) is 17.7 Å². The Bertz CT molecular complexity index is 552. The van der Waals surface area contributed by atoms with E-state index in [9.17, 15) is 4.79 Å². The summed E-state index contributed by atoms with van der Waals surface area (Å²) in [5.74, 6) is 0.761. The fraction of sp³-hybridized carbons (Fsp3) is 0.429. The minimum atomic E-state index is 0.0819. The van der Waals surface area contributed by atoms with Crippen LogP contribution in [-0.2, 0) is 19.4 Å². The Kier molecular flexibility index (Phi) is 3.65. The Labute approximate surface area is 107 Å². The maximum absolute atomic E-state index is 12.2. The van der Waals surface area contributed by atoms with Crippen LogP contribution in [-0.4, -0.2) is 15.6 Å². The van der Waals surface area contributed by atoms with Gasteiger partial charge in [-0.1, -0.05) is 6.92 Å². The quantitative estimate of drug-likeness (QED) is 0.762. The molecule has 0 aromatic carbocycles. The summed E-state index contributed by atoms with van der Waals surface area (Å²) in [5, 5.41) is 4.44. The van der Waals surface area contributed by atoms with Crippen molar-refractivity contribution < 1.29 is 9.21 Å². The van der Waals surface area contributed by atoms with Gasteiger partial charge in [-0.3, -0.25) is 9.48 Å². The lowest BCUT2D eigenvalue weighted by Gasteiger charge is -2.03. The van der Waals surface area contributed by atoms with Crippen molar-refractivity contribution in [2.45, 2.75) is 40.2 Å². The number of Topliss-reactive ketones (excluding diaryl/α,β-unsaturated/α-hetero) is 1. The highest BCUT2D eigenvalue weighted by Gasteiger charge is 2.15. The molecule has 2 aromatic heterocycles. The van der Waals surface area contributed by atoms with Crippen LogP contribution in [0.15, 0.2) is 22.8 Å². The number of furan rings is 1. The van der Waals surface area contributed by atoms with Gasteiger partial charge in [-0.25, -0.2) is 0 Å². The first-order valence-corrected chi connectivity index (χ1v) is 6.28. The summed E-state index contributed by atoms with van der Waals surface area (Å²) in [6.07, 6.45) is 2.82. The average Bonchev–Trinajstić information content (AvgIpc) is 2.95. The number of carbonyl (C=O) groups excluding carboxylic acids is 1. The number of rotatable bonds is 5. The van der Waals surface area contributed by atoms with Gasteiger partial charge in [0.15, 0.2) is 5.78 Å². The van der Waals surface area contributed by atoms with E-state index in [1.54, 1.807) is 12.3 Å². The molecule has 2 heterocycles. The Morgan fingerprint density at radius 2 is 2.22 bits per heavy atom. The van der Waals surface area contributed by atoms with Gasteiger partial charge in [-0.2, -0.15) is 5.10 Å². The van der Waals surface area contributed by atoms with E-state index >= 15 is 0 Å². The van der Waals surface area contributed by atoms with Crippen LogP contribution in [0.3, 0.4) is 0 Å². The lowest BCUT2D eigenvalue weighted by molar-refractivity contribution is 0.0989. The number of ketones is 1. The summed E-state index contributed by atoms with van der Waals surface area (Å²) in [6, 6.07) is 3.74. The van der Waals surface area contributed by atoms with Gasteiger partial charge in [0.05, 0.1) is 23.9 Å². The molecule has 4 heteroatoms. The third-order valence-corrected chi connectivity index (χ3v) is 3.08. The molecule has 0 unspecified atom stereocenters. The number of hydrogen-bond acceptors (Lipinski definition) is 3. The Hall–Kier alpha value is -1.84. The molecule has 0 aliphatic carbocycles. The number of hydrogen-bond donors (Lipinski definition) is 0. The van der Waals surface area contributed by atoms with Gasteiger partial charge in [0, 0.05) is 12.2 Å². The number of carbonyl (C=O) groups is 1. The molecule has 0 bridgehead atoms. The van der Waals surface area contributed by atoms with E-state index in [2.05, 4.69) is 12.0 Å². The minimum Gasteiger partial charge on any atom is -0.469 e. The fourth-order valence-corrected chi connectivity index (χ4v) is 2.04. The van der Waals surface area contributed by atoms with E-state index in [0.717, 1.165) is 24.4 Å². The standard InChI is InChI=1S/C14H18N2O2/c1-4-11-8-12(16(5-2)15-11)9-14(17)13-6-7-18-10(13)3/h6-8H,4-5,9H2,1-3H3. The predicted octanol–water partition coefficient (Wildman–Crippen LogP) is 2.79. The van der Waals surface area contributed by atoms with Crippen molar-refractivity contribution in [1.82, 2.24) is 9.78 Å². The maximum Gasteiger partial charge on any atom is 0.172 e. The number of nitrogens with zero attached hydrogens (tertiary/aromatic N) is 2. The van der Waals surface area contributed by atoms with E-state index in [1.807, 2.05) is 24.6 Å². The van der Waals surface area contributed by atoms with Crippen molar-refractivity contribution in [1.29, 1.82) is 0 Å². The summed E-state index contributed by atoms with van der Waals surface area (Å²) >= 11 is 0. The maximum atomic E-state index is 12.2. The third-order valence-electron chi connectivity index (χ3n) is 3.08. The Balaban J connectivity index is 2.21. The smallest absolute Gasteiger partial charge is 0.172 e. The van der Waals surface area contributed by atoms with Crippen molar-refractivity contribution in [3.63, 3.8) is 0 Å². The molecule has 96 valence electrons. The molecule has 0 N–H and O–H groups in total. The largest absolute Gasteiger partial charge is 0.469 e. The van der Waals surface area contributed by atoms with Crippen LogP contribution in [0.4, 0.5) is 0 Å². The van der Waals surface area contributed by atoms with Gasteiger partial charge in [-0.15, -0.1) is 0 Å². The highest BCUT2D eigenvalue weighted by molar-refractivity contribution is 5.98. The van der Waals surface area contributed by atoms with E-state index in [4.69, 9.17) is 4.42 Å². The van der Waals surface area contributed by atoms with Crippen LogP contribution in [0.1, 0.15) is 41.4 Å². The third kappa shape index (κ3) is 2.37. The molecule has 0 spiro atoms. The molecule has 18 heavy (non-hydrogen) atoms. The van der Waals surface area contributed by atoms with Crippen LogP contribution in [0, 0.1) is 6.92 Å². The summed E-state index contributed by atoms with van der Waals surface area (Å²) < 4.78 is 7.06. The van der Waals surface area contributed by atoms with Crippen LogP contribution >= 0.6 is 0 Å². The van der Waals surface area contributed by atoms with Gasteiger partial charge in [0.1, 0.15) is 5.76 Å².